The lowest BCUT2D eigenvalue weighted by Gasteiger charge is -2.37. The minimum Gasteiger partial charge on any atom is -0.497 e. The largest absolute Gasteiger partial charge is 0.497 e. The summed E-state index contributed by atoms with van der Waals surface area (Å²) in [5.74, 6) is 1.66. The molecule has 0 aromatic heterocycles. The molecule has 1 fully saturated rings. The van der Waals surface area contributed by atoms with Crippen molar-refractivity contribution in [1.29, 1.82) is 0 Å². The molecule has 1 aliphatic heterocycles. The smallest absolute Gasteiger partial charge is 0.123 e. The van der Waals surface area contributed by atoms with E-state index in [-0.39, 0.29) is 0 Å². The van der Waals surface area contributed by atoms with E-state index in [2.05, 4.69) is 9.80 Å². The van der Waals surface area contributed by atoms with Crippen LogP contribution in [-0.2, 0) is 0 Å². The number of ether oxygens (including phenoxy) is 2. The van der Waals surface area contributed by atoms with Crippen LogP contribution in [0.4, 0.5) is 0 Å². The number of β-amino-alcohol motifs (C(OH)–C–C–N with tert-alkyl or cyclic N) is 1. The van der Waals surface area contributed by atoms with Crippen molar-refractivity contribution in [2.75, 3.05) is 53.0 Å². The zero-order valence-electron chi connectivity index (χ0n) is 13.9. The molecule has 5 nitrogen and oxygen atoms in total. The second kappa shape index (κ2) is 7.81. The number of aliphatic hydroxyl groups is 1. The second-order valence-electron chi connectivity index (χ2n) is 6.46. The van der Waals surface area contributed by atoms with Gasteiger partial charge >= 0.3 is 0 Å². The van der Waals surface area contributed by atoms with Crippen molar-refractivity contribution in [3.8, 4) is 11.5 Å². The minimum atomic E-state index is -0.613. The highest BCUT2D eigenvalue weighted by atomic mass is 16.5. The lowest BCUT2D eigenvalue weighted by atomic mass is 10.1. The molecular weight excluding hydrogens is 280 g/mol. The highest BCUT2D eigenvalue weighted by Gasteiger charge is 2.22. The molecule has 1 aromatic carbocycles. The first-order valence-electron chi connectivity index (χ1n) is 7.90. The van der Waals surface area contributed by atoms with E-state index >= 15 is 0 Å². The number of hydrogen-bond donors (Lipinski definition) is 1. The van der Waals surface area contributed by atoms with Crippen LogP contribution in [0, 0.1) is 0 Å². The molecule has 0 saturated carbocycles. The standard InChI is InChI=1S/C17H28N2O3/c1-17(2,20)14-19-9-7-18(8-10-19)11-12-22-16-6-4-5-15(13-16)21-3/h4-6,13,20H,7-12,14H2,1-3H3. The van der Waals surface area contributed by atoms with E-state index in [0.717, 1.165) is 50.8 Å². The molecule has 0 radical (unpaired) electrons. The van der Waals surface area contributed by atoms with Crippen LogP contribution < -0.4 is 9.47 Å². The molecular formula is C17H28N2O3. The van der Waals surface area contributed by atoms with Crippen molar-refractivity contribution in [2.45, 2.75) is 19.4 Å². The molecule has 0 atom stereocenters. The molecule has 2 rings (SSSR count). The maximum absolute atomic E-state index is 9.86. The fraction of sp³-hybridized carbons (Fsp3) is 0.647. The van der Waals surface area contributed by atoms with Crippen molar-refractivity contribution in [2.24, 2.45) is 0 Å². The van der Waals surface area contributed by atoms with Crippen molar-refractivity contribution in [3.63, 3.8) is 0 Å². The summed E-state index contributed by atoms with van der Waals surface area (Å²) in [4.78, 5) is 4.72. The van der Waals surface area contributed by atoms with E-state index in [0.29, 0.717) is 6.61 Å². The van der Waals surface area contributed by atoms with Gasteiger partial charge in [-0.3, -0.25) is 9.80 Å². The van der Waals surface area contributed by atoms with Gasteiger partial charge in [0.2, 0.25) is 0 Å². The number of methoxy groups -OCH3 is 1. The Morgan fingerprint density at radius 2 is 1.73 bits per heavy atom. The summed E-state index contributed by atoms with van der Waals surface area (Å²) in [6, 6.07) is 7.70. The first kappa shape index (κ1) is 17.1. The maximum atomic E-state index is 9.86. The third kappa shape index (κ3) is 5.83. The third-order valence-corrected chi connectivity index (χ3v) is 3.79. The Morgan fingerprint density at radius 1 is 1.09 bits per heavy atom. The minimum absolute atomic E-state index is 0.613. The molecule has 5 heteroatoms. The predicted molar refractivity (Wildman–Crippen MR) is 87.7 cm³/mol. The maximum Gasteiger partial charge on any atom is 0.123 e. The van der Waals surface area contributed by atoms with Crippen LogP contribution in [0.3, 0.4) is 0 Å². The summed E-state index contributed by atoms with van der Waals surface area (Å²) in [6.07, 6.45) is 0. The average Bonchev–Trinajstić information content (AvgIpc) is 2.48. The van der Waals surface area contributed by atoms with Gasteiger partial charge in [-0.1, -0.05) is 6.07 Å². The summed E-state index contributed by atoms with van der Waals surface area (Å²) in [6.45, 7) is 10.1. The van der Waals surface area contributed by atoms with Crippen molar-refractivity contribution in [3.05, 3.63) is 24.3 Å². The van der Waals surface area contributed by atoms with Crippen LogP contribution >= 0.6 is 0 Å². The molecule has 124 valence electrons. The monoisotopic (exact) mass is 308 g/mol. The second-order valence-corrected chi connectivity index (χ2v) is 6.46. The number of piperazine rings is 1. The van der Waals surface area contributed by atoms with Gasteiger partial charge in [0.1, 0.15) is 18.1 Å². The van der Waals surface area contributed by atoms with Crippen LogP contribution in [0.5, 0.6) is 11.5 Å². The predicted octanol–water partition coefficient (Wildman–Crippen LogP) is 1.46. The van der Waals surface area contributed by atoms with E-state index in [1.54, 1.807) is 7.11 Å². The first-order valence-corrected chi connectivity index (χ1v) is 7.90. The van der Waals surface area contributed by atoms with Crippen LogP contribution in [0.1, 0.15) is 13.8 Å². The average molecular weight is 308 g/mol. The summed E-state index contributed by atoms with van der Waals surface area (Å²) in [5, 5.41) is 9.86. The SMILES string of the molecule is COc1cccc(OCCN2CCN(CC(C)(C)O)CC2)c1. The molecule has 1 N–H and O–H groups in total. The number of hydrogen-bond acceptors (Lipinski definition) is 5. The Balaban J connectivity index is 1.66. The van der Waals surface area contributed by atoms with E-state index in [4.69, 9.17) is 9.47 Å². The zero-order chi connectivity index (χ0) is 16.0. The fourth-order valence-corrected chi connectivity index (χ4v) is 2.70. The summed E-state index contributed by atoms with van der Waals surface area (Å²) in [7, 11) is 1.66. The Morgan fingerprint density at radius 3 is 2.36 bits per heavy atom. The molecule has 1 heterocycles. The Labute approximate surface area is 133 Å². The van der Waals surface area contributed by atoms with Crippen LogP contribution in [-0.4, -0.2) is 73.5 Å². The molecule has 1 saturated heterocycles. The van der Waals surface area contributed by atoms with E-state index in [1.165, 1.54) is 0 Å². The van der Waals surface area contributed by atoms with E-state index < -0.39 is 5.60 Å². The zero-order valence-corrected chi connectivity index (χ0v) is 13.9. The number of nitrogens with zero attached hydrogens (tertiary/aromatic N) is 2. The Hall–Kier alpha value is -1.30. The summed E-state index contributed by atoms with van der Waals surface area (Å²) >= 11 is 0. The van der Waals surface area contributed by atoms with Gasteiger partial charge in [0, 0.05) is 45.3 Å². The van der Waals surface area contributed by atoms with Crippen LogP contribution in [0.2, 0.25) is 0 Å². The third-order valence-electron chi connectivity index (χ3n) is 3.79. The number of benzene rings is 1. The van der Waals surface area contributed by atoms with Crippen LogP contribution in [0.15, 0.2) is 24.3 Å². The molecule has 0 amide bonds. The number of rotatable bonds is 7. The topological polar surface area (TPSA) is 45.2 Å². The van der Waals surface area contributed by atoms with Crippen molar-refractivity contribution < 1.29 is 14.6 Å². The van der Waals surface area contributed by atoms with Crippen molar-refractivity contribution >= 4 is 0 Å². The van der Waals surface area contributed by atoms with Gasteiger partial charge < -0.3 is 14.6 Å². The fourth-order valence-electron chi connectivity index (χ4n) is 2.70. The molecule has 0 spiro atoms. The van der Waals surface area contributed by atoms with Crippen LogP contribution in [0.25, 0.3) is 0 Å². The molecule has 22 heavy (non-hydrogen) atoms. The highest BCUT2D eigenvalue weighted by Crippen LogP contribution is 2.18. The summed E-state index contributed by atoms with van der Waals surface area (Å²) < 4.78 is 11.0. The van der Waals surface area contributed by atoms with E-state index in [9.17, 15) is 5.11 Å². The molecule has 0 aliphatic carbocycles. The van der Waals surface area contributed by atoms with Gasteiger partial charge in [0.15, 0.2) is 0 Å². The molecule has 1 aromatic rings. The van der Waals surface area contributed by atoms with Gasteiger partial charge in [0.05, 0.1) is 12.7 Å². The Kier molecular flexibility index (Phi) is 6.06. The van der Waals surface area contributed by atoms with Gasteiger partial charge in [0.25, 0.3) is 0 Å². The van der Waals surface area contributed by atoms with Gasteiger partial charge in [-0.25, -0.2) is 0 Å². The quantitative estimate of drug-likeness (QED) is 0.826. The van der Waals surface area contributed by atoms with Gasteiger partial charge in [-0.15, -0.1) is 0 Å². The van der Waals surface area contributed by atoms with Gasteiger partial charge in [-0.05, 0) is 26.0 Å². The molecule has 1 aliphatic rings. The molecule has 0 bridgehead atoms. The highest BCUT2D eigenvalue weighted by molar-refractivity contribution is 5.32. The lowest BCUT2D eigenvalue weighted by Crippen LogP contribution is -2.51. The Bertz CT molecular complexity index is 451. The first-order chi connectivity index (χ1) is 10.5. The van der Waals surface area contributed by atoms with Crippen molar-refractivity contribution in [1.82, 2.24) is 9.80 Å². The molecule has 0 unspecified atom stereocenters. The van der Waals surface area contributed by atoms with E-state index in [1.807, 2.05) is 38.1 Å². The van der Waals surface area contributed by atoms with Gasteiger partial charge in [-0.2, -0.15) is 0 Å². The lowest BCUT2D eigenvalue weighted by molar-refractivity contribution is 0.0162. The summed E-state index contributed by atoms with van der Waals surface area (Å²) in [5.41, 5.74) is -0.613. The normalized spacial score (nSPS) is 17.5.